The number of rotatable bonds is 7. The summed E-state index contributed by atoms with van der Waals surface area (Å²) >= 11 is 6.17. The summed E-state index contributed by atoms with van der Waals surface area (Å²) in [7, 11) is 1.77. The number of benzene rings is 1. The molecule has 21 heavy (non-hydrogen) atoms. The van der Waals surface area contributed by atoms with Gasteiger partial charge >= 0.3 is 0 Å². The molecule has 3 nitrogen and oxygen atoms in total. The molecule has 2 aromatic rings. The van der Waals surface area contributed by atoms with E-state index in [9.17, 15) is 0 Å². The third kappa shape index (κ3) is 4.00. The second-order valence-corrected chi connectivity index (χ2v) is 6.44. The minimum atomic E-state index is -0.114. The molecule has 0 amide bonds. The summed E-state index contributed by atoms with van der Waals surface area (Å²) in [5.74, 6) is 0. The first-order chi connectivity index (χ1) is 9.96. The number of methoxy groups -OCH3 is 1. The van der Waals surface area contributed by atoms with E-state index >= 15 is 0 Å². The van der Waals surface area contributed by atoms with E-state index in [1.165, 1.54) is 16.5 Å². The van der Waals surface area contributed by atoms with Crippen molar-refractivity contribution in [1.82, 2.24) is 9.88 Å². The molecule has 2 rings (SSSR count). The SMILES string of the molecule is CCNCc1cn(CCC(C)(C)OC)c2cc(Cl)ccc12. The molecule has 1 aromatic heterocycles. The monoisotopic (exact) mass is 308 g/mol. The predicted molar refractivity (Wildman–Crippen MR) is 90.0 cm³/mol. The number of nitrogens with one attached hydrogen (secondary N) is 1. The van der Waals surface area contributed by atoms with Crippen molar-refractivity contribution >= 4 is 22.5 Å². The van der Waals surface area contributed by atoms with Crippen LogP contribution >= 0.6 is 11.6 Å². The molecule has 1 heterocycles. The summed E-state index contributed by atoms with van der Waals surface area (Å²) < 4.78 is 7.80. The van der Waals surface area contributed by atoms with Crippen LogP contribution in [0.15, 0.2) is 24.4 Å². The van der Waals surface area contributed by atoms with Gasteiger partial charge in [0.25, 0.3) is 0 Å². The van der Waals surface area contributed by atoms with E-state index in [4.69, 9.17) is 16.3 Å². The largest absolute Gasteiger partial charge is 0.379 e. The molecule has 0 fully saturated rings. The fraction of sp³-hybridized carbons (Fsp3) is 0.529. The normalized spacial score (nSPS) is 12.2. The van der Waals surface area contributed by atoms with Gasteiger partial charge < -0.3 is 14.6 Å². The standard InChI is InChI=1S/C17H25ClN2O/c1-5-19-11-13-12-20(9-8-17(2,3)21-4)16-10-14(18)6-7-15(13)16/h6-7,10,12,19H,5,8-9,11H2,1-4H3. The molecule has 0 saturated carbocycles. The summed E-state index contributed by atoms with van der Waals surface area (Å²) in [5.41, 5.74) is 2.40. The van der Waals surface area contributed by atoms with E-state index in [0.29, 0.717) is 0 Å². The van der Waals surface area contributed by atoms with Gasteiger partial charge in [-0.25, -0.2) is 0 Å². The van der Waals surface area contributed by atoms with Crippen LogP contribution in [0.5, 0.6) is 0 Å². The predicted octanol–water partition coefficient (Wildman–Crippen LogP) is 4.22. The van der Waals surface area contributed by atoms with Gasteiger partial charge in [0.2, 0.25) is 0 Å². The molecule has 0 unspecified atom stereocenters. The number of halogens is 1. The summed E-state index contributed by atoms with van der Waals surface area (Å²) in [4.78, 5) is 0. The van der Waals surface area contributed by atoms with Gasteiger partial charge in [0, 0.05) is 42.3 Å². The van der Waals surface area contributed by atoms with Crippen LogP contribution in [0, 0.1) is 0 Å². The number of hydrogen-bond donors (Lipinski definition) is 1. The Morgan fingerprint density at radius 2 is 2.10 bits per heavy atom. The van der Waals surface area contributed by atoms with Crippen LogP contribution in [-0.2, 0) is 17.8 Å². The Kier molecular flexibility index (Phi) is 5.31. The van der Waals surface area contributed by atoms with Crippen molar-refractivity contribution < 1.29 is 4.74 Å². The Hall–Kier alpha value is -1.03. The lowest BCUT2D eigenvalue weighted by Crippen LogP contribution is -2.24. The highest BCUT2D eigenvalue weighted by molar-refractivity contribution is 6.31. The van der Waals surface area contributed by atoms with E-state index < -0.39 is 0 Å². The van der Waals surface area contributed by atoms with E-state index in [2.05, 4.69) is 42.9 Å². The average molecular weight is 309 g/mol. The van der Waals surface area contributed by atoms with Crippen molar-refractivity contribution in [2.24, 2.45) is 0 Å². The van der Waals surface area contributed by atoms with Crippen LogP contribution in [0.3, 0.4) is 0 Å². The third-order valence-corrected chi connectivity index (χ3v) is 4.23. The molecular formula is C17H25ClN2O. The first kappa shape index (κ1) is 16.3. The fourth-order valence-electron chi connectivity index (χ4n) is 2.42. The maximum Gasteiger partial charge on any atom is 0.0639 e. The van der Waals surface area contributed by atoms with E-state index in [1.54, 1.807) is 7.11 Å². The summed E-state index contributed by atoms with van der Waals surface area (Å²) in [5, 5.41) is 5.45. The van der Waals surface area contributed by atoms with Gasteiger partial charge in [-0.2, -0.15) is 0 Å². The van der Waals surface area contributed by atoms with E-state index in [0.717, 1.165) is 31.1 Å². The van der Waals surface area contributed by atoms with E-state index in [-0.39, 0.29) is 5.60 Å². The van der Waals surface area contributed by atoms with Crippen LogP contribution in [-0.4, -0.2) is 23.8 Å². The first-order valence-electron chi connectivity index (χ1n) is 7.50. The maximum absolute atomic E-state index is 6.17. The van der Waals surface area contributed by atoms with Crippen molar-refractivity contribution in [2.45, 2.75) is 45.9 Å². The van der Waals surface area contributed by atoms with Gasteiger partial charge in [-0.1, -0.05) is 24.6 Å². The highest BCUT2D eigenvalue weighted by Gasteiger charge is 2.17. The van der Waals surface area contributed by atoms with Crippen LogP contribution < -0.4 is 5.32 Å². The zero-order valence-electron chi connectivity index (χ0n) is 13.4. The molecule has 4 heteroatoms. The van der Waals surface area contributed by atoms with Crippen LogP contribution in [0.25, 0.3) is 10.9 Å². The molecule has 0 atom stereocenters. The molecule has 1 N–H and O–H groups in total. The number of fused-ring (bicyclic) bond motifs is 1. The number of hydrogen-bond acceptors (Lipinski definition) is 2. The average Bonchev–Trinajstić information content (AvgIpc) is 2.80. The smallest absolute Gasteiger partial charge is 0.0639 e. The minimum absolute atomic E-state index is 0.114. The van der Waals surface area contributed by atoms with Gasteiger partial charge in [0.1, 0.15) is 0 Å². The highest BCUT2D eigenvalue weighted by Crippen LogP contribution is 2.26. The second-order valence-electron chi connectivity index (χ2n) is 6.00. The van der Waals surface area contributed by atoms with Crippen molar-refractivity contribution in [3.05, 3.63) is 35.0 Å². The summed E-state index contributed by atoms with van der Waals surface area (Å²) in [6, 6.07) is 6.12. The molecular weight excluding hydrogens is 284 g/mol. The van der Waals surface area contributed by atoms with Gasteiger partial charge in [-0.3, -0.25) is 0 Å². The summed E-state index contributed by atoms with van der Waals surface area (Å²) in [6.45, 7) is 9.13. The maximum atomic E-state index is 6.17. The van der Waals surface area contributed by atoms with Crippen LogP contribution in [0.2, 0.25) is 5.02 Å². The van der Waals surface area contributed by atoms with Crippen molar-refractivity contribution in [2.75, 3.05) is 13.7 Å². The molecule has 0 saturated heterocycles. The van der Waals surface area contributed by atoms with Gasteiger partial charge in [0.05, 0.1) is 5.60 Å². The van der Waals surface area contributed by atoms with Gasteiger partial charge in [-0.05, 0) is 44.5 Å². The minimum Gasteiger partial charge on any atom is -0.379 e. The molecule has 0 spiro atoms. The molecule has 0 aliphatic heterocycles. The molecule has 116 valence electrons. The van der Waals surface area contributed by atoms with Gasteiger partial charge in [-0.15, -0.1) is 0 Å². The van der Waals surface area contributed by atoms with Crippen molar-refractivity contribution in [3.8, 4) is 0 Å². The van der Waals surface area contributed by atoms with Crippen LogP contribution in [0.1, 0.15) is 32.8 Å². The zero-order chi connectivity index (χ0) is 15.5. The second kappa shape index (κ2) is 6.82. The summed E-state index contributed by atoms with van der Waals surface area (Å²) in [6.07, 6.45) is 3.19. The quantitative estimate of drug-likeness (QED) is 0.829. The molecule has 0 bridgehead atoms. The molecule has 0 aliphatic rings. The highest BCUT2D eigenvalue weighted by atomic mass is 35.5. The lowest BCUT2D eigenvalue weighted by atomic mass is 10.1. The van der Waals surface area contributed by atoms with Crippen LogP contribution in [0.4, 0.5) is 0 Å². The topological polar surface area (TPSA) is 26.2 Å². The Bertz CT molecular complexity index is 604. The Morgan fingerprint density at radius 1 is 1.33 bits per heavy atom. The van der Waals surface area contributed by atoms with Crippen molar-refractivity contribution in [1.29, 1.82) is 0 Å². The zero-order valence-corrected chi connectivity index (χ0v) is 14.1. The number of aromatic nitrogens is 1. The fourth-order valence-corrected chi connectivity index (χ4v) is 2.58. The first-order valence-corrected chi connectivity index (χ1v) is 7.88. The Balaban J connectivity index is 2.31. The Morgan fingerprint density at radius 3 is 2.76 bits per heavy atom. The number of nitrogens with zero attached hydrogens (tertiary/aromatic N) is 1. The third-order valence-electron chi connectivity index (χ3n) is 4.00. The lowest BCUT2D eigenvalue weighted by Gasteiger charge is -2.23. The molecule has 1 aromatic carbocycles. The number of aryl methyl sites for hydroxylation is 1. The number of ether oxygens (including phenoxy) is 1. The molecule has 0 radical (unpaired) electrons. The lowest BCUT2D eigenvalue weighted by molar-refractivity contribution is 0.0123. The molecule has 0 aliphatic carbocycles. The van der Waals surface area contributed by atoms with E-state index in [1.807, 2.05) is 12.1 Å². The van der Waals surface area contributed by atoms with Gasteiger partial charge in [0.15, 0.2) is 0 Å². The Labute approximate surface area is 132 Å². The van der Waals surface area contributed by atoms with Crippen molar-refractivity contribution in [3.63, 3.8) is 0 Å².